The molecule has 2 aliphatic heterocycles. The molecule has 2 heterocycles. The minimum absolute atomic E-state index is 0.157. The second-order valence-electron chi connectivity index (χ2n) is 14.2. The first-order chi connectivity index (χ1) is 23.9. The molecule has 4 rings (SSSR count). The highest BCUT2D eigenvalue weighted by atomic mass is 16.6. The minimum atomic E-state index is -0.410. The Kier molecular flexibility index (Phi) is 24.7. The molecule has 2 aromatic carbocycles. The van der Waals surface area contributed by atoms with Gasteiger partial charge in [-0.15, -0.1) is 0 Å². The van der Waals surface area contributed by atoms with Crippen molar-refractivity contribution >= 4 is 18.3 Å². The number of piperidine rings is 2. The zero-order valence-corrected chi connectivity index (χ0v) is 33.5. The summed E-state index contributed by atoms with van der Waals surface area (Å²) in [6, 6.07) is 21.0. The van der Waals surface area contributed by atoms with Gasteiger partial charge in [0.1, 0.15) is 11.2 Å². The van der Waals surface area contributed by atoms with Crippen molar-refractivity contribution < 1.29 is 24.2 Å². The molecular weight excluding hydrogens is 624 g/mol. The number of ether oxygens (including phenoxy) is 2. The maximum Gasteiger partial charge on any atom is 0.410 e. The molecule has 2 fully saturated rings. The number of rotatable bonds is 7. The number of benzene rings is 2. The first-order valence-electron chi connectivity index (χ1n) is 19.0. The molecule has 0 saturated carbocycles. The molecule has 2 amide bonds. The lowest BCUT2D eigenvalue weighted by Gasteiger charge is -2.33. The lowest BCUT2D eigenvalue weighted by molar-refractivity contribution is 0.0172. The number of nitrogens with zero attached hydrogens (tertiary/aromatic N) is 2. The Morgan fingerprint density at radius 2 is 1.08 bits per heavy atom. The van der Waals surface area contributed by atoms with Gasteiger partial charge in [0.05, 0.1) is 0 Å². The van der Waals surface area contributed by atoms with E-state index >= 15 is 0 Å². The van der Waals surface area contributed by atoms with Gasteiger partial charge in [0.2, 0.25) is 0 Å². The summed E-state index contributed by atoms with van der Waals surface area (Å²) in [4.78, 5) is 27.7. The lowest BCUT2D eigenvalue weighted by atomic mass is 9.91. The third-order valence-corrected chi connectivity index (χ3v) is 8.03. The SMILES string of the molecule is CC.CC.CC(C)(C)OC(=O)N1CCC(C/C=C/c2ccccc2)CC1.CC(C)(C)OC(=O)N1CCC(CCCc2ccccc2)CC1.CO. The maximum atomic E-state index is 12.0. The fourth-order valence-electron chi connectivity index (χ4n) is 5.61. The van der Waals surface area contributed by atoms with Gasteiger partial charge in [-0.2, -0.15) is 0 Å². The summed E-state index contributed by atoms with van der Waals surface area (Å²) >= 11 is 0. The smallest absolute Gasteiger partial charge is 0.410 e. The molecular formula is C43H72N2O5. The van der Waals surface area contributed by atoms with Crippen LogP contribution in [0.15, 0.2) is 66.7 Å². The molecule has 2 aromatic rings. The summed E-state index contributed by atoms with van der Waals surface area (Å²) in [5.41, 5.74) is 1.86. The molecule has 0 aliphatic carbocycles. The summed E-state index contributed by atoms with van der Waals surface area (Å²) in [6.45, 7) is 22.8. The predicted octanol–water partition coefficient (Wildman–Crippen LogP) is 11.1. The first kappa shape index (κ1) is 46.7. The summed E-state index contributed by atoms with van der Waals surface area (Å²) in [6.07, 6.45) is 13.2. The van der Waals surface area contributed by atoms with Gasteiger partial charge in [0, 0.05) is 33.3 Å². The third-order valence-electron chi connectivity index (χ3n) is 8.03. The van der Waals surface area contributed by atoms with Crippen LogP contribution in [-0.2, 0) is 15.9 Å². The van der Waals surface area contributed by atoms with E-state index in [1.54, 1.807) is 0 Å². The summed E-state index contributed by atoms with van der Waals surface area (Å²) in [5, 5.41) is 7.00. The van der Waals surface area contributed by atoms with Crippen LogP contribution in [0.1, 0.15) is 125 Å². The van der Waals surface area contributed by atoms with Crippen LogP contribution in [0.5, 0.6) is 0 Å². The van der Waals surface area contributed by atoms with Gasteiger partial charge in [0.15, 0.2) is 0 Å². The Morgan fingerprint density at radius 1 is 0.680 bits per heavy atom. The molecule has 0 aromatic heterocycles. The maximum absolute atomic E-state index is 12.0. The van der Waals surface area contributed by atoms with Crippen molar-refractivity contribution in [2.24, 2.45) is 11.8 Å². The number of allylic oxidation sites excluding steroid dienone is 1. The van der Waals surface area contributed by atoms with Crippen LogP contribution in [0.3, 0.4) is 0 Å². The molecule has 2 aliphatic rings. The van der Waals surface area contributed by atoms with Crippen molar-refractivity contribution in [1.29, 1.82) is 0 Å². The van der Waals surface area contributed by atoms with Crippen molar-refractivity contribution in [3.8, 4) is 0 Å². The minimum Gasteiger partial charge on any atom is -0.444 e. The van der Waals surface area contributed by atoms with Gasteiger partial charge in [0.25, 0.3) is 0 Å². The zero-order valence-electron chi connectivity index (χ0n) is 33.5. The lowest BCUT2D eigenvalue weighted by Crippen LogP contribution is -2.41. The van der Waals surface area contributed by atoms with Crippen LogP contribution in [0.25, 0.3) is 6.08 Å². The number of aliphatic hydroxyl groups is 1. The Bertz CT molecular complexity index is 1140. The molecule has 0 unspecified atom stereocenters. The highest BCUT2D eigenvalue weighted by Crippen LogP contribution is 2.25. The Balaban J connectivity index is 0.000000836. The number of carbonyl (C=O) groups is 2. The van der Waals surface area contributed by atoms with E-state index in [1.807, 2.05) is 85.1 Å². The van der Waals surface area contributed by atoms with Crippen LogP contribution >= 0.6 is 0 Å². The normalized spacial score (nSPS) is 15.1. The van der Waals surface area contributed by atoms with Crippen molar-refractivity contribution in [2.45, 2.75) is 132 Å². The van der Waals surface area contributed by atoms with Crippen molar-refractivity contribution in [3.63, 3.8) is 0 Å². The summed E-state index contributed by atoms with van der Waals surface area (Å²) < 4.78 is 10.9. The second kappa shape index (κ2) is 26.5. The van der Waals surface area contributed by atoms with Gasteiger partial charge in [-0.25, -0.2) is 9.59 Å². The molecule has 7 nitrogen and oxygen atoms in total. The zero-order chi connectivity index (χ0) is 38.0. The van der Waals surface area contributed by atoms with Crippen LogP contribution in [0.4, 0.5) is 9.59 Å². The van der Waals surface area contributed by atoms with Gasteiger partial charge in [-0.3, -0.25) is 0 Å². The highest BCUT2D eigenvalue weighted by molar-refractivity contribution is 5.68. The number of hydrogen-bond acceptors (Lipinski definition) is 5. The molecule has 0 atom stereocenters. The van der Waals surface area contributed by atoms with Gasteiger partial charge in [-0.05, 0) is 116 Å². The average molecular weight is 697 g/mol. The van der Waals surface area contributed by atoms with E-state index in [2.05, 4.69) is 66.7 Å². The Hall–Kier alpha value is -3.32. The molecule has 7 heteroatoms. The van der Waals surface area contributed by atoms with Crippen molar-refractivity contribution in [2.75, 3.05) is 33.3 Å². The fraction of sp³-hybridized carbons (Fsp3) is 0.628. The summed E-state index contributed by atoms with van der Waals surface area (Å²) in [7, 11) is 1.00. The second-order valence-corrected chi connectivity index (χ2v) is 14.2. The van der Waals surface area contributed by atoms with Crippen LogP contribution < -0.4 is 0 Å². The van der Waals surface area contributed by atoms with E-state index in [4.69, 9.17) is 14.6 Å². The predicted molar refractivity (Wildman–Crippen MR) is 211 cm³/mol. The van der Waals surface area contributed by atoms with Crippen LogP contribution in [0, 0.1) is 11.8 Å². The van der Waals surface area contributed by atoms with E-state index in [0.717, 1.165) is 77.7 Å². The fourth-order valence-corrected chi connectivity index (χ4v) is 5.61. The van der Waals surface area contributed by atoms with E-state index < -0.39 is 11.2 Å². The molecule has 284 valence electrons. The third kappa shape index (κ3) is 21.7. The van der Waals surface area contributed by atoms with Gasteiger partial charge >= 0.3 is 12.2 Å². The van der Waals surface area contributed by atoms with E-state index in [1.165, 1.54) is 24.0 Å². The molecule has 0 spiro atoms. The number of hydrogen-bond donors (Lipinski definition) is 1. The average Bonchev–Trinajstić information content (AvgIpc) is 3.11. The number of carbonyl (C=O) groups excluding carboxylic acids is 2. The Labute approximate surface area is 306 Å². The highest BCUT2D eigenvalue weighted by Gasteiger charge is 2.27. The first-order valence-corrected chi connectivity index (χ1v) is 19.0. The standard InChI is InChI=1S/C19H29NO2.C19H27NO2.2C2H6.CH4O/c2*1-19(2,3)22-18(21)20-14-12-17(13-15-20)11-7-10-16-8-5-4-6-9-16;3*1-2/h4-6,8-9,17H,7,10-15H2,1-3H3;4-10,17H,11-15H2,1-3H3;2*1-2H3;2H,1H3/b;10-7+;;;. The largest absolute Gasteiger partial charge is 0.444 e. The van der Waals surface area contributed by atoms with Crippen molar-refractivity contribution in [3.05, 3.63) is 77.9 Å². The van der Waals surface area contributed by atoms with E-state index in [-0.39, 0.29) is 12.2 Å². The quantitative estimate of drug-likeness (QED) is 0.312. The molecule has 0 bridgehead atoms. The van der Waals surface area contributed by atoms with E-state index in [0.29, 0.717) is 5.92 Å². The van der Waals surface area contributed by atoms with Gasteiger partial charge < -0.3 is 24.4 Å². The molecule has 2 saturated heterocycles. The number of aryl methyl sites for hydroxylation is 1. The summed E-state index contributed by atoms with van der Waals surface area (Å²) in [5.74, 6) is 1.42. The molecule has 50 heavy (non-hydrogen) atoms. The van der Waals surface area contributed by atoms with Crippen LogP contribution in [0.2, 0.25) is 0 Å². The number of aliphatic hydroxyl groups excluding tert-OH is 1. The van der Waals surface area contributed by atoms with E-state index in [9.17, 15) is 9.59 Å². The Morgan fingerprint density at radius 3 is 1.50 bits per heavy atom. The molecule has 1 N–H and O–H groups in total. The van der Waals surface area contributed by atoms with Crippen molar-refractivity contribution in [1.82, 2.24) is 9.80 Å². The number of likely N-dealkylation sites (tertiary alicyclic amines) is 2. The monoisotopic (exact) mass is 697 g/mol. The number of amides is 2. The topological polar surface area (TPSA) is 79.3 Å². The van der Waals surface area contributed by atoms with Crippen LogP contribution in [-0.4, -0.2) is 71.6 Å². The molecule has 0 radical (unpaired) electrons. The van der Waals surface area contributed by atoms with Gasteiger partial charge in [-0.1, -0.05) is 101 Å².